The normalized spacial score (nSPS) is 12.1. The van der Waals surface area contributed by atoms with Gasteiger partial charge in [0.25, 0.3) is 0 Å². The molecule has 13 rings (SSSR count). The molecule has 5 heterocycles. The minimum atomic E-state index is -0.168. The van der Waals surface area contributed by atoms with Crippen LogP contribution in [0.4, 0.5) is 0 Å². The molecule has 0 aliphatic rings. The topological polar surface area (TPSA) is 62.9 Å². The monoisotopic (exact) mass is 1020 g/mol. The predicted molar refractivity (Wildman–Crippen MR) is 263 cm³/mol. The van der Waals surface area contributed by atoms with Crippen molar-refractivity contribution in [3.05, 3.63) is 194 Å². The van der Waals surface area contributed by atoms with Gasteiger partial charge in [0.15, 0.2) is 0 Å². The summed E-state index contributed by atoms with van der Waals surface area (Å²) in [6, 6.07) is 65.9. The average molecular weight is 1020 g/mol. The summed E-state index contributed by atoms with van der Waals surface area (Å²) in [5.74, 6) is 1.65. The Kier molecular flexibility index (Phi) is 8.88. The molecule has 0 atom stereocenters. The van der Waals surface area contributed by atoms with Crippen molar-refractivity contribution in [2.75, 3.05) is 0 Å². The van der Waals surface area contributed by atoms with E-state index in [0.717, 1.165) is 105 Å². The second-order valence-corrected chi connectivity index (χ2v) is 17.7. The van der Waals surface area contributed by atoms with Crippen LogP contribution in [-0.4, -0.2) is 19.1 Å². The van der Waals surface area contributed by atoms with Gasteiger partial charge in [-0.25, -0.2) is 9.97 Å². The number of hydrogen-bond donors (Lipinski definition) is 0. The first-order valence-electron chi connectivity index (χ1n) is 21.8. The van der Waals surface area contributed by atoms with E-state index in [1.165, 1.54) is 22.1 Å². The maximum Gasteiger partial charge on any atom is 2.00 e. The molecule has 312 valence electrons. The second kappa shape index (κ2) is 14.8. The minimum Gasteiger partial charge on any atom is -0.656 e. The zero-order chi connectivity index (χ0) is 42.7. The van der Waals surface area contributed by atoms with Crippen LogP contribution in [0.2, 0.25) is 0 Å². The number of imidazole rings is 1. The third-order valence-electron chi connectivity index (χ3n) is 12.9. The first-order valence-corrected chi connectivity index (χ1v) is 21.8. The van der Waals surface area contributed by atoms with Crippen molar-refractivity contribution in [1.82, 2.24) is 24.1 Å². The van der Waals surface area contributed by atoms with Gasteiger partial charge in [0.05, 0.1) is 16.7 Å². The molecule has 0 spiro atoms. The fourth-order valence-corrected chi connectivity index (χ4v) is 9.90. The zero-order valence-corrected chi connectivity index (χ0v) is 38.1. The van der Waals surface area contributed by atoms with Crippen molar-refractivity contribution in [3.63, 3.8) is 0 Å². The number of pyridine rings is 1. The number of aromatic nitrogens is 5. The van der Waals surface area contributed by atoms with Gasteiger partial charge in [-0.05, 0) is 86.2 Å². The SMILES string of the molecule is CC(C)(C)c1cc(-c2ccccc2)cc2c3ccc(-c4cccc5c4nc(-c4cccc6c4[n-]c4ccccc46)n5-c4ccc5c(c4)oc4ccccc45)[c-]c3n(-c3ccccn3)c12.[Pt+2]. The van der Waals surface area contributed by atoms with Crippen molar-refractivity contribution in [2.45, 2.75) is 26.2 Å². The maximum atomic E-state index is 6.47. The largest absolute Gasteiger partial charge is 2.00 e. The number of para-hydroxylation sites is 4. The van der Waals surface area contributed by atoms with Crippen LogP contribution < -0.4 is 4.98 Å². The number of benzene rings is 8. The molecule has 0 fully saturated rings. The number of fused-ring (bicyclic) bond motifs is 10. The van der Waals surface area contributed by atoms with Gasteiger partial charge in [-0.3, -0.25) is 4.57 Å². The van der Waals surface area contributed by atoms with E-state index in [2.05, 4.69) is 188 Å². The van der Waals surface area contributed by atoms with Crippen molar-refractivity contribution in [3.8, 4) is 45.1 Å². The Labute approximate surface area is 389 Å². The van der Waals surface area contributed by atoms with Gasteiger partial charge in [-0.2, -0.15) is 0 Å². The van der Waals surface area contributed by atoms with Crippen LogP contribution in [0.25, 0.3) is 122 Å². The summed E-state index contributed by atoms with van der Waals surface area (Å²) in [4.78, 5) is 15.8. The Hall–Kier alpha value is -7.53. The predicted octanol–water partition coefficient (Wildman–Crippen LogP) is 14.8. The van der Waals surface area contributed by atoms with Crippen molar-refractivity contribution < 1.29 is 25.5 Å². The maximum absolute atomic E-state index is 6.47. The van der Waals surface area contributed by atoms with Gasteiger partial charge in [-0.15, -0.1) is 34.8 Å². The van der Waals surface area contributed by atoms with E-state index >= 15 is 0 Å². The molecule has 0 N–H and O–H groups in total. The molecular formula is C58H39N5OPt. The number of rotatable bonds is 5. The molecule has 0 unspecified atom stereocenters. The molecule has 65 heavy (non-hydrogen) atoms. The van der Waals surface area contributed by atoms with Crippen LogP contribution in [0, 0.1) is 6.07 Å². The third kappa shape index (κ3) is 6.05. The molecule has 0 radical (unpaired) electrons. The second-order valence-electron chi connectivity index (χ2n) is 17.7. The van der Waals surface area contributed by atoms with Crippen molar-refractivity contribution in [1.29, 1.82) is 0 Å². The quantitative estimate of drug-likeness (QED) is 0.161. The van der Waals surface area contributed by atoms with Crippen LogP contribution in [0.1, 0.15) is 26.3 Å². The van der Waals surface area contributed by atoms with E-state index in [1.807, 2.05) is 30.5 Å². The van der Waals surface area contributed by atoms with Gasteiger partial charge < -0.3 is 14.0 Å². The molecule has 0 saturated carbocycles. The summed E-state index contributed by atoms with van der Waals surface area (Å²) in [6.45, 7) is 6.88. The first kappa shape index (κ1) is 39.1. The zero-order valence-electron chi connectivity index (χ0n) is 35.8. The third-order valence-corrected chi connectivity index (χ3v) is 12.9. The van der Waals surface area contributed by atoms with Crippen LogP contribution in [0.15, 0.2) is 187 Å². The van der Waals surface area contributed by atoms with Crippen LogP contribution in [0.3, 0.4) is 0 Å². The molecule has 5 aromatic heterocycles. The molecule has 7 heteroatoms. The van der Waals surface area contributed by atoms with Gasteiger partial charge in [0.1, 0.15) is 22.8 Å². The van der Waals surface area contributed by atoms with Crippen molar-refractivity contribution in [2.24, 2.45) is 0 Å². The van der Waals surface area contributed by atoms with E-state index in [0.29, 0.717) is 0 Å². The molecule has 0 amide bonds. The molecule has 13 aromatic rings. The van der Waals surface area contributed by atoms with Crippen LogP contribution in [-0.2, 0) is 26.5 Å². The summed E-state index contributed by atoms with van der Waals surface area (Å²) >= 11 is 0. The molecule has 0 saturated heterocycles. The molecule has 8 aromatic carbocycles. The smallest absolute Gasteiger partial charge is 0.656 e. The summed E-state index contributed by atoms with van der Waals surface area (Å²) in [6.07, 6.45) is 1.87. The van der Waals surface area contributed by atoms with E-state index < -0.39 is 0 Å². The van der Waals surface area contributed by atoms with Crippen molar-refractivity contribution >= 4 is 76.6 Å². The van der Waals surface area contributed by atoms with Gasteiger partial charge in [0, 0.05) is 34.1 Å². The van der Waals surface area contributed by atoms with E-state index in [1.54, 1.807) is 0 Å². The molecule has 6 nitrogen and oxygen atoms in total. The summed E-state index contributed by atoms with van der Waals surface area (Å²) in [5.41, 5.74) is 14.8. The Balaban J connectivity index is 0.00000444. The minimum absolute atomic E-state index is 0. The van der Waals surface area contributed by atoms with E-state index in [-0.39, 0.29) is 26.5 Å². The summed E-state index contributed by atoms with van der Waals surface area (Å²) < 4.78 is 11.0. The van der Waals surface area contributed by atoms with Gasteiger partial charge >= 0.3 is 21.1 Å². The number of furan rings is 1. The molecule has 0 aliphatic heterocycles. The Morgan fingerprint density at radius 3 is 2.15 bits per heavy atom. The Morgan fingerprint density at radius 2 is 1.31 bits per heavy atom. The molecule has 0 bridgehead atoms. The Morgan fingerprint density at radius 1 is 0.569 bits per heavy atom. The van der Waals surface area contributed by atoms with Gasteiger partial charge in [-0.1, -0.05) is 147 Å². The number of hydrogen-bond acceptors (Lipinski definition) is 3. The fourth-order valence-electron chi connectivity index (χ4n) is 9.90. The van der Waals surface area contributed by atoms with E-state index in [4.69, 9.17) is 19.4 Å². The Bertz CT molecular complexity index is 4000. The van der Waals surface area contributed by atoms with E-state index in [9.17, 15) is 0 Å². The molecule has 0 aliphatic carbocycles. The number of nitrogens with zero attached hydrogens (tertiary/aromatic N) is 5. The summed E-state index contributed by atoms with van der Waals surface area (Å²) in [7, 11) is 0. The molecular weight excluding hydrogens is 978 g/mol. The fraction of sp³-hybridized carbons (Fsp3) is 0.0690. The average Bonchev–Trinajstić information content (AvgIpc) is 4.10. The summed E-state index contributed by atoms with van der Waals surface area (Å²) in [5, 5.41) is 6.69. The van der Waals surface area contributed by atoms with Crippen LogP contribution in [0.5, 0.6) is 0 Å². The van der Waals surface area contributed by atoms with Crippen LogP contribution >= 0.6 is 0 Å². The standard InChI is InChI=1S/C58H39N5O.Pt/c1-58(2,3)47-32-37(35-15-5-4-6-16-35)31-46-41-28-26-36(33-50(41)63(56(46)47)53-25-11-12-30-59-53)39-19-14-23-49-55(39)61-57(45-21-13-20-44-40-17-7-9-22-48(40)60-54(44)45)62(49)38-27-29-43-42-18-8-10-24-51(42)64-52(43)34-38;/h4-32,34H,1-3H3;/q-2;+2. The first-order chi connectivity index (χ1) is 31.4. The van der Waals surface area contributed by atoms with Gasteiger partial charge in [0.2, 0.25) is 0 Å².